The number of nitrogens with one attached hydrogen (secondary N) is 2. The molecule has 2 atom stereocenters. The molecule has 0 bridgehead atoms. The van der Waals surface area contributed by atoms with Gasteiger partial charge in [0.1, 0.15) is 0 Å². The molecule has 2 unspecified atom stereocenters. The predicted molar refractivity (Wildman–Crippen MR) is 133 cm³/mol. The van der Waals surface area contributed by atoms with Crippen molar-refractivity contribution in [3.8, 4) is 0 Å². The Morgan fingerprint density at radius 2 is 1.66 bits per heavy atom. The highest BCUT2D eigenvalue weighted by atomic mass is 79.9. The Morgan fingerprint density at radius 3 is 2.17 bits per heavy atom. The van der Waals surface area contributed by atoms with Crippen LogP contribution in [0.4, 0.5) is 26.3 Å². The molecule has 0 aliphatic carbocycles. The average Bonchev–Trinajstić information content (AvgIpc) is 2.73. The molecule has 0 saturated carbocycles. The monoisotopic (exact) mass is 642 g/mol. The van der Waals surface area contributed by atoms with Crippen LogP contribution >= 0.6 is 63.4 Å². The number of hydrogen-bond donors (Lipinski definition) is 3. The molecule has 2 aromatic rings. The molecule has 192 valence electrons. The lowest BCUT2D eigenvalue weighted by molar-refractivity contribution is -0.139. The first-order valence-electron chi connectivity index (χ1n) is 9.54. The van der Waals surface area contributed by atoms with E-state index in [-0.39, 0.29) is 37.2 Å². The number of benzene rings is 2. The van der Waals surface area contributed by atoms with E-state index in [1.807, 2.05) is 0 Å². The van der Waals surface area contributed by atoms with Gasteiger partial charge in [0.25, 0.3) is 5.91 Å². The van der Waals surface area contributed by atoms with Crippen molar-refractivity contribution in [2.45, 2.75) is 23.6 Å². The minimum Gasteiger partial charge on any atom is -0.350 e. The fourth-order valence-corrected chi connectivity index (χ4v) is 4.15. The molecule has 2 N–H and O–H groups in total. The molecular formula is C21H16BrCl3F6N2OS. The quantitative estimate of drug-likeness (QED) is 0.118. The molecule has 0 saturated heterocycles. The topological polar surface area (TPSA) is 41.1 Å². The lowest BCUT2D eigenvalue weighted by atomic mass is 9.97. The van der Waals surface area contributed by atoms with Crippen molar-refractivity contribution in [1.82, 2.24) is 10.6 Å². The van der Waals surface area contributed by atoms with Gasteiger partial charge in [-0.3, -0.25) is 10.1 Å². The van der Waals surface area contributed by atoms with Crippen LogP contribution < -0.4 is 10.6 Å². The van der Waals surface area contributed by atoms with E-state index in [1.54, 1.807) is 0 Å². The molecule has 2 aromatic carbocycles. The Hall–Kier alpha value is -1.11. The van der Waals surface area contributed by atoms with Crippen LogP contribution in [0.3, 0.4) is 0 Å². The number of halogens is 10. The summed E-state index contributed by atoms with van der Waals surface area (Å²) in [5.74, 6) is -2.65. The van der Waals surface area contributed by atoms with Crippen molar-refractivity contribution in [2.75, 3.05) is 13.1 Å². The lowest BCUT2D eigenvalue weighted by Gasteiger charge is -2.18. The van der Waals surface area contributed by atoms with Crippen molar-refractivity contribution in [3.63, 3.8) is 0 Å². The maximum atomic E-state index is 13.7. The highest BCUT2D eigenvalue weighted by Crippen LogP contribution is 2.41. The van der Waals surface area contributed by atoms with E-state index in [0.717, 1.165) is 18.2 Å². The maximum absolute atomic E-state index is 13.7. The summed E-state index contributed by atoms with van der Waals surface area (Å²) in [5, 5.41) is 3.29. The molecule has 14 heteroatoms. The zero-order valence-corrected chi connectivity index (χ0v) is 22.0. The van der Waals surface area contributed by atoms with Crippen LogP contribution in [0.25, 0.3) is 6.08 Å². The van der Waals surface area contributed by atoms with E-state index in [2.05, 4.69) is 39.2 Å². The summed E-state index contributed by atoms with van der Waals surface area (Å²) >= 11 is 24.7. The molecule has 0 heterocycles. The fraction of sp³-hybridized carbons (Fsp3) is 0.286. The van der Waals surface area contributed by atoms with E-state index in [9.17, 15) is 31.1 Å². The molecule has 0 fully saturated rings. The van der Waals surface area contributed by atoms with Crippen LogP contribution in [-0.2, 0) is 0 Å². The zero-order valence-electron chi connectivity index (χ0n) is 17.2. The lowest BCUT2D eigenvalue weighted by Crippen LogP contribution is -2.41. The minimum absolute atomic E-state index is 0.0554. The second-order valence-corrected chi connectivity index (χ2v) is 9.81. The normalized spacial score (nSPS) is 14.3. The van der Waals surface area contributed by atoms with Crippen LogP contribution in [0.5, 0.6) is 0 Å². The number of carbonyl (C=O) groups excluding carboxylic acids is 1. The van der Waals surface area contributed by atoms with Crippen LogP contribution in [-0.4, -0.2) is 36.7 Å². The Morgan fingerprint density at radius 1 is 1.06 bits per heavy atom. The number of allylic oxidation sites excluding steroid dienone is 1. The van der Waals surface area contributed by atoms with Crippen molar-refractivity contribution in [1.29, 1.82) is 0 Å². The first-order valence-corrected chi connectivity index (χ1v) is 12.0. The SMILES string of the molecule is O=C(NCC(S)NCC(F)(F)F)c1ccc(/C=C/C(c2cc(Cl)c(Cl)c(Cl)c2)C(F)(F)F)cc1Br. The third kappa shape index (κ3) is 9.36. The number of amides is 1. The standard InChI is InChI=1S/C21H16BrCl3F6N2OS/c22-14-5-10(1-3-12(14)19(34)32-8-17(35)33-9-20(26,27)28)2-4-13(21(29,30)31)11-6-15(23)18(25)16(24)7-11/h1-7,13,17,33,35H,8-9H2,(H,32,34)/b4-2+. The van der Waals surface area contributed by atoms with Gasteiger partial charge in [-0.25, -0.2) is 0 Å². The van der Waals surface area contributed by atoms with E-state index in [4.69, 9.17) is 34.8 Å². The van der Waals surface area contributed by atoms with Gasteiger partial charge in [-0.15, -0.1) is 0 Å². The number of rotatable bonds is 8. The highest BCUT2D eigenvalue weighted by molar-refractivity contribution is 9.10. The van der Waals surface area contributed by atoms with Crippen LogP contribution in [0.2, 0.25) is 15.1 Å². The van der Waals surface area contributed by atoms with Gasteiger partial charge in [0.05, 0.1) is 38.5 Å². The highest BCUT2D eigenvalue weighted by Gasteiger charge is 2.39. The van der Waals surface area contributed by atoms with Crippen molar-refractivity contribution in [2.24, 2.45) is 0 Å². The summed E-state index contributed by atoms with van der Waals surface area (Å²) in [4.78, 5) is 12.3. The zero-order chi connectivity index (χ0) is 26.6. The summed E-state index contributed by atoms with van der Waals surface area (Å²) in [6.07, 6.45) is -6.95. The molecule has 0 aromatic heterocycles. The smallest absolute Gasteiger partial charge is 0.350 e. The molecule has 0 radical (unpaired) electrons. The van der Waals surface area contributed by atoms with E-state index in [1.165, 1.54) is 24.3 Å². The molecule has 2 rings (SSSR count). The van der Waals surface area contributed by atoms with Gasteiger partial charge in [0.2, 0.25) is 0 Å². The largest absolute Gasteiger partial charge is 0.401 e. The molecule has 35 heavy (non-hydrogen) atoms. The van der Waals surface area contributed by atoms with Gasteiger partial charge in [0, 0.05) is 11.0 Å². The Kier molecular flexibility index (Phi) is 10.7. The van der Waals surface area contributed by atoms with E-state index in [0.29, 0.717) is 5.56 Å². The average molecular weight is 645 g/mol. The summed E-state index contributed by atoms with van der Waals surface area (Å²) < 4.78 is 78.0. The van der Waals surface area contributed by atoms with E-state index >= 15 is 0 Å². The number of thiol groups is 1. The van der Waals surface area contributed by atoms with Crippen LogP contribution in [0.15, 0.2) is 40.9 Å². The first kappa shape index (κ1) is 30.1. The summed E-state index contributed by atoms with van der Waals surface area (Å²) in [7, 11) is 0. The summed E-state index contributed by atoms with van der Waals surface area (Å²) in [6.45, 7) is -1.47. The maximum Gasteiger partial charge on any atom is 0.401 e. The van der Waals surface area contributed by atoms with Crippen molar-refractivity contribution in [3.05, 3.63) is 72.6 Å². The fourth-order valence-electron chi connectivity index (χ4n) is 2.78. The van der Waals surface area contributed by atoms with Gasteiger partial charge >= 0.3 is 12.4 Å². The third-order valence-corrected chi connectivity index (χ3v) is 6.65. The summed E-state index contributed by atoms with van der Waals surface area (Å²) in [6, 6.07) is 6.35. The summed E-state index contributed by atoms with van der Waals surface area (Å²) in [5.41, 5.74) is 0.263. The van der Waals surface area contributed by atoms with Gasteiger partial charge in [0.15, 0.2) is 0 Å². The van der Waals surface area contributed by atoms with Crippen molar-refractivity contribution < 1.29 is 31.1 Å². The second kappa shape index (κ2) is 12.4. The van der Waals surface area contributed by atoms with Gasteiger partial charge in [-0.05, 0) is 51.3 Å². The minimum atomic E-state index is -4.66. The van der Waals surface area contributed by atoms with Crippen LogP contribution in [0.1, 0.15) is 27.4 Å². The van der Waals surface area contributed by atoms with Crippen molar-refractivity contribution >= 4 is 75.3 Å². The Balaban J connectivity index is 2.14. The molecule has 0 spiro atoms. The molecule has 3 nitrogen and oxygen atoms in total. The third-order valence-electron chi connectivity index (χ3n) is 4.43. The molecule has 1 amide bonds. The number of carbonyl (C=O) groups is 1. The molecule has 0 aliphatic heterocycles. The Bertz CT molecular complexity index is 1070. The number of hydrogen-bond acceptors (Lipinski definition) is 3. The molecular weight excluding hydrogens is 629 g/mol. The van der Waals surface area contributed by atoms with E-state index < -0.39 is 36.1 Å². The Labute approximate surface area is 225 Å². The van der Waals surface area contributed by atoms with Gasteiger partial charge < -0.3 is 5.32 Å². The van der Waals surface area contributed by atoms with Gasteiger partial charge in [-0.2, -0.15) is 39.0 Å². The van der Waals surface area contributed by atoms with Gasteiger partial charge in [-0.1, -0.05) is 53.0 Å². The van der Waals surface area contributed by atoms with Crippen LogP contribution in [0, 0.1) is 0 Å². The number of alkyl halides is 6. The second-order valence-electron chi connectivity index (χ2n) is 7.14. The predicted octanol–water partition coefficient (Wildman–Crippen LogP) is 7.91. The first-order chi connectivity index (χ1) is 16.1. The molecule has 0 aliphatic rings.